The van der Waals surface area contributed by atoms with Gasteiger partial charge in [-0.2, -0.15) is 10.5 Å². The normalized spacial score (nSPS) is 11.1. The van der Waals surface area contributed by atoms with Crippen LogP contribution in [0, 0.1) is 29.2 Å². The summed E-state index contributed by atoms with van der Waals surface area (Å²) >= 11 is 0. The molecule has 2 aromatic heterocycles. The molecule has 0 saturated carbocycles. The van der Waals surface area contributed by atoms with E-state index in [1.807, 2.05) is 54.6 Å². The Morgan fingerprint density at radius 1 is 0.500 bits per heavy atom. The molecule has 0 amide bonds. The van der Waals surface area contributed by atoms with Crippen LogP contribution in [0.4, 0.5) is 5.69 Å². The van der Waals surface area contributed by atoms with Gasteiger partial charge in [0.05, 0.1) is 57.6 Å². The molecule has 0 bridgehead atoms. The molecule has 0 N–H and O–H groups in total. The van der Waals surface area contributed by atoms with E-state index in [1.165, 1.54) is 10.8 Å². The fourth-order valence-corrected chi connectivity index (χ4v) is 7.42. The number of rotatable bonds is 4. The van der Waals surface area contributed by atoms with E-state index >= 15 is 0 Å². The monoisotopic (exact) mass is 635 g/mol. The minimum absolute atomic E-state index is 0.554. The van der Waals surface area contributed by atoms with Crippen molar-refractivity contribution in [3.05, 3.63) is 174 Å². The second-order valence-corrected chi connectivity index (χ2v) is 12.3. The van der Waals surface area contributed by atoms with Crippen LogP contribution >= 0.6 is 0 Å². The van der Waals surface area contributed by atoms with Crippen LogP contribution in [0.5, 0.6) is 0 Å². The first-order valence-electron chi connectivity index (χ1n) is 16.3. The van der Waals surface area contributed by atoms with Crippen molar-refractivity contribution in [2.24, 2.45) is 0 Å². The molecule has 9 aromatic rings. The van der Waals surface area contributed by atoms with Gasteiger partial charge >= 0.3 is 0 Å². The molecule has 5 nitrogen and oxygen atoms in total. The van der Waals surface area contributed by atoms with Crippen molar-refractivity contribution in [3.63, 3.8) is 0 Å². The third kappa shape index (κ3) is 4.31. The van der Waals surface area contributed by atoms with E-state index in [2.05, 4.69) is 123 Å². The lowest BCUT2D eigenvalue weighted by atomic mass is 9.96. The number of nitrogens with zero attached hydrogens (tertiary/aromatic N) is 5. The van der Waals surface area contributed by atoms with E-state index in [1.54, 1.807) is 0 Å². The number of para-hydroxylation sites is 3. The third-order valence-corrected chi connectivity index (χ3v) is 9.63. The van der Waals surface area contributed by atoms with Gasteiger partial charge in [0, 0.05) is 27.2 Å². The van der Waals surface area contributed by atoms with Crippen LogP contribution in [-0.2, 0) is 0 Å². The maximum Gasteiger partial charge on any atom is 0.195 e. The van der Waals surface area contributed by atoms with Crippen LogP contribution in [0.1, 0.15) is 11.1 Å². The molecule has 0 spiro atoms. The van der Waals surface area contributed by atoms with Gasteiger partial charge in [-0.05, 0) is 82.9 Å². The van der Waals surface area contributed by atoms with Crippen LogP contribution < -0.4 is 0 Å². The summed E-state index contributed by atoms with van der Waals surface area (Å²) in [4.78, 5) is 3.96. The van der Waals surface area contributed by atoms with Gasteiger partial charge in [0.25, 0.3) is 0 Å². The first-order valence-corrected chi connectivity index (χ1v) is 16.3. The molecule has 5 heteroatoms. The van der Waals surface area contributed by atoms with Gasteiger partial charge in [-0.1, -0.05) is 91.0 Å². The number of hydrogen-bond donors (Lipinski definition) is 0. The van der Waals surface area contributed by atoms with E-state index in [4.69, 9.17) is 6.57 Å². The standard InChI is InChI=1S/C45H25N5/c1-48-39-23-20-31(26-37(39)36-12-4-7-15-42(36)50-40-13-5-2-10-34(40)35-11-3-6-14-41(35)50)30-18-21-33(22-19-30)49-43-24-17-29(27-46)25-38(43)45-32(28-47)9-8-16-44(45)49/h2-26H. The zero-order chi connectivity index (χ0) is 33.8. The van der Waals surface area contributed by atoms with E-state index in [0.29, 0.717) is 16.8 Å². The summed E-state index contributed by atoms with van der Waals surface area (Å²) in [6.07, 6.45) is 0. The van der Waals surface area contributed by atoms with Crippen molar-refractivity contribution in [1.82, 2.24) is 9.13 Å². The lowest BCUT2D eigenvalue weighted by Crippen LogP contribution is -1.97. The van der Waals surface area contributed by atoms with Gasteiger partial charge in [0.2, 0.25) is 0 Å². The Balaban J connectivity index is 1.19. The Bertz CT molecular complexity index is 2900. The third-order valence-electron chi connectivity index (χ3n) is 9.63. The van der Waals surface area contributed by atoms with Gasteiger partial charge in [0.1, 0.15) is 0 Å². The molecular weight excluding hydrogens is 611 g/mol. The van der Waals surface area contributed by atoms with Gasteiger partial charge < -0.3 is 9.13 Å². The van der Waals surface area contributed by atoms with Crippen molar-refractivity contribution in [3.8, 4) is 45.8 Å². The molecule has 50 heavy (non-hydrogen) atoms. The van der Waals surface area contributed by atoms with Gasteiger partial charge in [-0.15, -0.1) is 0 Å². The van der Waals surface area contributed by atoms with Crippen molar-refractivity contribution in [1.29, 1.82) is 10.5 Å². The second kappa shape index (κ2) is 11.4. The van der Waals surface area contributed by atoms with Crippen LogP contribution in [0.15, 0.2) is 152 Å². The van der Waals surface area contributed by atoms with Crippen molar-refractivity contribution >= 4 is 49.3 Å². The molecule has 7 aromatic carbocycles. The largest absolute Gasteiger partial charge is 0.309 e. The van der Waals surface area contributed by atoms with Crippen molar-refractivity contribution < 1.29 is 0 Å². The molecule has 0 aliphatic carbocycles. The molecule has 0 aliphatic rings. The maximum atomic E-state index is 9.93. The maximum absolute atomic E-state index is 9.93. The van der Waals surface area contributed by atoms with Gasteiger partial charge in [0.15, 0.2) is 5.69 Å². The SMILES string of the molecule is [C-]#[N+]c1ccc(-c2ccc(-n3c4ccc(C#N)cc4c4c(C#N)cccc43)cc2)cc1-c1ccccc1-n1c2ccccc2c2ccccc21. The number of benzene rings is 7. The smallest absolute Gasteiger partial charge is 0.195 e. The highest BCUT2D eigenvalue weighted by molar-refractivity contribution is 6.12. The number of hydrogen-bond acceptors (Lipinski definition) is 2. The van der Waals surface area contributed by atoms with E-state index in [9.17, 15) is 10.5 Å². The topological polar surface area (TPSA) is 61.8 Å². The highest BCUT2D eigenvalue weighted by Crippen LogP contribution is 2.41. The Labute approximate surface area is 288 Å². The van der Waals surface area contributed by atoms with Gasteiger partial charge in [-0.3, -0.25) is 0 Å². The minimum Gasteiger partial charge on any atom is -0.309 e. The van der Waals surface area contributed by atoms with Crippen LogP contribution in [-0.4, -0.2) is 9.13 Å². The zero-order valence-electron chi connectivity index (χ0n) is 26.7. The van der Waals surface area contributed by atoms with Crippen LogP contribution in [0.3, 0.4) is 0 Å². The average molecular weight is 636 g/mol. The second-order valence-electron chi connectivity index (χ2n) is 12.3. The summed E-state index contributed by atoms with van der Waals surface area (Å²) in [6.45, 7) is 8.09. The summed E-state index contributed by atoms with van der Waals surface area (Å²) in [5.74, 6) is 0. The quantitative estimate of drug-likeness (QED) is 0.181. The molecular formula is C45H25N5. The molecule has 0 atom stereocenters. The fraction of sp³-hybridized carbons (Fsp3) is 0. The molecule has 0 radical (unpaired) electrons. The Hall–Kier alpha value is -7.39. The molecule has 2 heterocycles. The predicted octanol–water partition coefficient (Wildman–Crippen LogP) is 11.5. The zero-order valence-corrected chi connectivity index (χ0v) is 26.7. The summed E-state index contributed by atoms with van der Waals surface area (Å²) in [6, 6.07) is 55.6. The Morgan fingerprint density at radius 2 is 1.16 bits per heavy atom. The molecule has 230 valence electrons. The lowest BCUT2D eigenvalue weighted by molar-refractivity contribution is 1.18. The number of fused-ring (bicyclic) bond motifs is 6. The average Bonchev–Trinajstić information content (AvgIpc) is 3.70. The fourth-order valence-electron chi connectivity index (χ4n) is 7.42. The first kappa shape index (κ1) is 28.8. The van der Waals surface area contributed by atoms with E-state index < -0.39 is 0 Å². The summed E-state index contributed by atoms with van der Waals surface area (Å²) in [5.41, 5.74) is 11.6. The van der Waals surface area contributed by atoms with Crippen LogP contribution in [0.2, 0.25) is 0 Å². The highest BCUT2D eigenvalue weighted by atomic mass is 15.0. The van der Waals surface area contributed by atoms with E-state index in [0.717, 1.165) is 66.5 Å². The minimum atomic E-state index is 0.554. The Morgan fingerprint density at radius 3 is 1.88 bits per heavy atom. The van der Waals surface area contributed by atoms with E-state index in [-0.39, 0.29) is 0 Å². The molecule has 9 rings (SSSR count). The summed E-state index contributed by atoms with van der Waals surface area (Å²) in [7, 11) is 0. The lowest BCUT2D eigenvalue weighted by Gasteiger charge is -2.16. The van der Waals surface area contributed by atoms with Crippen molar-refractivity contribution in [2.75, 3.05) is 0 Å². The van der Waals surface area contributed by atoms with Crippen LogP contribution in [0.25, 0.3) is 82.1 Å². The summed E-state index contributed by atoms with van der Waals surface area (Å²) < 4.78 is 4.45. The highest BCUT2D eigenvalue weighted by Gasteiger charge is 2.19. The molecule has 0 fully saturated rings. The first-order chi connectivity index (χ1) is 24.7. The van der Waals surface area contributed by atoms with Crippen molar-refractivity contribution in [2.45, 2.75) is 0 Å². The summed E-state index contributed by atoms with van der Waals surface area (Å²) in [5, 5.41) is 23.6. The molecule has 0 aliphatic heterocycles. The van der Waals surface area contributed by atoms with Gasteiger partial charge in [-0.25, -0.2) is 4.85 Å². The Kier molecular flexibility index (Phi) is 6.56. The molecule has 0 unspecified atom stereocenters. The molecule has 0 saturated heterocycles. The predicted molar refractivity (Wildman–Crippen MR) is 202 cm³/mol. The number of aromatic nitrogens is 2. The number of nitriles is 2.